The zero-order valence-electron chi connectivity index (χ0n) is 23.1. The highest BCUT2D eigenvalue weighted by atomic mass is 32.2. The summed E-state index contributed by atoms with van der Waals surface area (Å²) in [4.78, 5) is 32.6. The minimum atomic E-state index is -5.02. The molecule has 228 valence electrons. The van der Waals surface area contributed by atoms with Gasteiger partial charge in [0.15, 0.2) is 5.75 Å². The summed E-state index contributed by atoms with van der Waals surface area (Å²) < 4.78 is 78.1. The Morgan fingerprint density at radius 1 is 0.977 bits per heavy atom. The lowest BCUT2D eigenvalue weighted by molar-refractivity contribution is -0.123. The maximum atomic E-state index is 13.6. The molecule has 17 heteroatoms. The molecule has 0 saturated heterocycles. The predicted octanol–water partition coefficient (Wildman–Crippen LogP) is 1.73. The van der Waals surface area contributed by atoms with E-state index in [4.69, 9.17) is 9.31 Å². The summed E-state index contributed by atoms with van der Waals surface area (Å²) >= 11 is 0. The van der Waals surface area contributed by atoms with Gasteiger partial charge < -0.3 is 19.9 Å². The van der Waals surface area contributed by atoms with E-state index in [0.717, 1.165) is 11.6 Å². The van der Waals surface area contributed by atoms with E-state index in [1.54, 1.807) is 0 Å². The summed E-state index contributed by atoms with van der Waals surface area (Å²) in [6.07, 6.45) is 4.89. The Hall–Kier alpha value is -4.06. The number of hydrogen-bond donors (Lipinski definition) is 4. The molecule has 4 N–H and O–H groups in total. The van der Waals surface area contributed by atoms with Crippen molar-refractivity contribution in [2.75, 3.05) is 0 Å². The maximum absolute atomic E-state index is 13.6. The summed E-state index contributed by atoms with van der Waals surface area (Å²) in [5.74, 6) is -3.08. The lowest BCUT2D eigenvalue weighted by Crippen LogP contribution is -2.56. The van der Waals surface area contributed by atoms with Crippen molar-refractivity contribution in [2.24, 2.45) is 5.92 Å². The van der Waals surface area contributed by atoms with Crippen LogP contribution in [-0.2, 0) is 31.5 Å². The van der Waals surface area contributed by atoms with E-state index in [0.29, 0.717) is 12.5 Å². The summed E-state index contributed by atoms with van der Waals surface area (Å²) in [6.45, 7) is 3.70. The molecule has 1 aliphatic heterocycles. The molecule has 1 aromatic heterocycles. The van der Waals surface area contributed by atoms with Crippen LogP contribution in [0.25, 0.3) is 0 Å². The van der Waals surface area contributed by atoms with Crippen LogP contribution < -0.4 is 19.9 Å². The SMILES string of the molecule is CC(C)C[C@H](NC(=O)[C@H](CCc1ccccc1)NC(=O)c1cnccn1)B1Oc2cc(S(=O)(=O)O)cc(S(=O)(=O)O)c2O1. The third-order valence-electron chi connectivity index (χ3n) is 6.41. The Morgan fingerprint density at radius 2 is 1.70 bits per heavy atom. The van der Waals surface area contributed by atoms with E-state index < -0.39 is 66.7 Å². The Balaban J connectivity index is 1.60. The van der Waals surface area contributed by atoms with Crippen molar-refractivity contribution in [3.05, 3.63) is 72.3 Å². The summed E-state index contributed by atoms with van der Waals surface area (Å²) in [6, 6.07) is 9.64. The molecule has 0 fully saturated rings. The summed E-state index contributed by atoms with van der Waals surface area (Å²) in [5, 5.41) is 5.48. The zero-order valence-corrected chi connectivity index (χ0v) is 24.7. The standard InChI is InChI=1S/C26H29BN4O10S2/c1-16(2)12-23(27-40-21-13-18(42(34,35)36)14-22(24(21)41-27)43(37,38)39)31-25(32)19(9-8-17-6-4-3-5-7-17)30-26(33)20-15-28-10-11-29-20/h3-7,10-11,13-16,19,23H,8-9,12H2,1-2H3,(H,30,33)(H,31,32)(H,34,35,36)(H,37,38,39)/t19-,23-/m0/s1. The lowest BCUT2D eigenvalue weighted by atomic mass is 9.74. The number of amides is 2. The molecule has 2 amide bonds. The first-order valence-corrected chi connectivity index (χ1v) is 16.0. The van der Waals surface area contributed by atoms with E-state index in [1.165, 1.54) is 18.6 Å². The van der Waals surface area contributed by atoms with Gasteiger partial charge in [0.05, 0.1) is 17.0 Å². The largest absolute Gasteiger partial charge is 0.619 e. The number of benzene rings is 2. The van der Waals surface area contributed by atoms with Crippen molar-refractivity contribution in [3.8, 4) is 11.5 Å². The Labute approximate surface area is 248 Å². The van der Waals surface area contributed by atoms with Crippen LogP contribution in [0, 0.1) is 5.92 Å². The van der Waals surface area contributed by atoms with Crippen molar-refractivity contribution < 1.29 is 44.8 Å². The second-order valence-electron chi connectivity index (χ2n) is 10.2. The Bertz CT molecular complexity index is 1690. The van der Waals surface area contributed by atoms with Crippen LogP contribution in [0.2, 0.25) is 0 Å². The maximum Gasteiger partial charge on any atom is 0.619 e. The Morgan fingerprint density at radius 3 is 2.30 bits per heavy atom. The van der Waals surface area contributed by atoms with Crippen LogP contribution >= 0.6 is 0 Å². The van der Waals surface area contributed by atoms with Gasteiger partial charge in [-0.15, -0.1) is 0 Å². The van der Waals surface area contributed by atoms with Crippen molar-refractivity contribution >= 4 is 39.2 Å². The van der Waals surface area contributed by atoms with Crippen molar-refractivity contribution in [2.45, 2.75) is 54.9 Å². The minimum Gasteiger partial charge on any atom is -0.522 e. The number of hydrogen-bond acceptors (Lipinski definition) is 10. The molecular formula is C26H29BN4O10S2. The molecule has 2 heterocycles. The van der Waals surface area contributed by atoms with Crippen LogP contribution in [0.3, 0.4) is 0 Å². The molecule has 0 saturated carbocycles. The predicted molar refractivity (Wildman–Crippen MR) is 153 cm³/mol. The molecule has 0 spiro atoms. The molecule has 3 aromatic rings. The molecule has 43 heavy (non-hydrogen) atoms. The van der Waals surface area contributed by atoms with Gasteiger partial charge in [0.25, 0.3) is 26.1 Å². The molecule has 0 bridgehead atoms. The molecule has 2 aromatic carbocycles. The lowest BCUT2D eigenvalue weighted by Gasteiger charge is -2.25. The van der Waals surface area contributed by atoms with E-state index in [-0.39, 0.29) is 30.2 Å². The van der Waals surface area contributed by atoms with Crippen LogP contribution in [0.5, 0.6) is 11.5 Å². The van der Waals surface area contributed by atoms with Gasteiger partial charge in [-0.25, -0.2) is 4.98 Å². The fourth-order valence-electron chi connectivity index (χ4n) is 4.43. The fraction of sp³-hybridized carbons (Fsp3) is 0.308. The number of rotatable bonds is 12. The quantitative estimate of drug-likeness (QED) is 0.166. The second kappa shape index (κ2) is 13.1. The Kier molecular flexibility index (Phi) is 9.69. The van der Waals surface area contributed by atoms with Crippen molar-refractivity contribution in [1.82, 2.24) is 20.6 Å². The second-order valence-corrected chi connectivity index (χ2v) is 13.0. The summed E-state index contributed by atoms with van der Waals surface area (Å²) in [7, 11) is -11.3. The third kappa shape index (κ3) is 8.28. The average molecular weight is 632 g/mol. The number of nitrogens with one attached hydrogen (secondary N) is 2. The summed E-state index contributed by atoms with van der Waals surface area (Å²) in [5.41, 5.74) is 0.933. The first kappa shape index (κ1) is 31.9. The monoisotopic (exact) mass is 632 g/mol. The normalized spacial score (nSPS) is 14.3. The van der Waals surface area contributed by atoms with Gasteiger partial charge in [0.2, 0.25) is 5.91 Å². The van der Waals surface area contributed by atoms with Crippen LogP contribution in [0.15, 0.2) is 70.8 Å². The highest BCUT2D eigenvalue weighted by Gasteiger charge is 2.45. The van der Waals surface area contributed by atoms with Crippen molar-refractivity contribution in [3.63, 3.8) is 0 Å². The number of carbonyl (C=O) groups is 2. The van der Waals surface area contributed by atoms with E-state index in [9.17, 15) is 35.5 Å². The molecule has 0 aliphatic carbocycles. The fourth-order valence-corrected chi connectivity index (χ4v) is 5.68. The van der Waals surface area contributed by atoms with Crippen LogP contribution in [-0.4, -0.2) is 66.8 Å². The van der Waals surface area contributed by atoms with Gasteiger partial charge in [0, 0.05) is 18.5 Å². The number of fused-ring (bicyclic) bond motifs is 1. The molecule has 2 atom stereocenters. The number of aromatic nitrogens is 2. The third-order valence-corrected chi connectivity index (χ3v) is 8.10. The first-order valence-electron chi connectivity index (χ1n) is 13.1. The molecule has 0 radical (unpaired) electrons. The van der Waals surface area contributed by atoms with Gasteiger partial charge in [-0.1, -0.05) is 44.2 Å². The highest BCUT2D eigenvalue weighted by Crippen LogP contribution is 2.42. The molecule has 4 rings (SSSR count). The van der Waals surface area contributed by atoms with E-state index in [2.05, 4.69) is 20.6 Å². The molecular weight excluding hydrogens is 603 g/mol. The highest BCUT2D eigenvalue weighted by molar-refractivity contribution is 7.86. The average Bonchev–Trinajstić information content (AvgIpc) is 3.38. The minimum absolute atomic E-state index is 0.00373. The number of nitrogens with zero attached hydrogens (tertiary/aromatic N) is 2. The van der Waals surface area contributed by atoms with Gasteiger partial charge >= 0.3 is 7.12 Å². The van der Waals surface area contributed by atoms with Gasteiger partial charge in [0.1, 0.15) is 22.4 Å². The number of carbonyl (C=O) groups excluding carboxylic acids is 2. The van der Waals surface area contributed by atoms with Gasteiger partial charge in [-0.3, -0.25) is 23.7 Å². The molecule has 14 nitrogen and oxygen atoms in total. The van der Waals surface area contributed by atoms with E-state index >= 15 is 0 Å². The number of aryl methyl sites for hydroxylation is 1. The molecule has 1 aliphatic rings. The first-order chi connectivity index (χ1) is 20.2. The van der Waals surface area contributed by atoms with Crippen LogP contribution in [0.4, 0.5) is 0 Å². The van der Waals surface area contributed by atoms with Gasteiger partial charge in [-0.2, -0.15) is 16.8 Å². The van der Waals surface area contributed by atoms with Crippen LogP contribution in [0.1, 0.15) is 42.7 Å². The smallest absolute Gasteiger partial charge is 0.522 e. The molecule has 0 unspecified atom stereocenters. The van der Waals surface area contributed by atoms with Gasteiger partial charge in [-0.05, 0) is 36.8 Å². The van der Waals surface area contributed by atoms with E-state index in [1.807, 2.05) is 44.2 Å². The topological polar surface area (TPSA) is 211 Å². The zero-order chi connectivity index (χ0) is 31.4. The van der Waals surface area contributed by atoms with Crippen molar-refractivity contribution in [1.29, 1.82) is 0 Å².